The van der Waals surface area contributed by atoms with Crippen LogP contribution < -0.4 is 14.8 Å². The molecular formula is C22H24N2O4. The zero-order chi connectivity index (χ0) is 19.5. The van der Waals surface area contributed by atoms with Gasteiger partial charge in [0.1, 0.15) is 0 Å². The van der Waals surface area contributed by atoms with Gasteiger partial charge < -0.3 is 19.7 Å². The van der Waals surface area contributed by atoms with Crippen molar-refractivity contribution in [1.29, 1.82) is 0 Å². The molecule has 0 unspecified atom stereocenters. The molecule has 0 radical (unpaired) electrons. The SMILES string of the molecule is Cc1ccc(CNC(=O)C2CCN(C(=O)c3ccc4c(c3)OCO4)CC2)cc1. The second kappa shape index (κ2) is 7.92. The Bertz CT molecular complexity index is 871. The van der Waals surface area contributed by atoms with Crippen LogP contribution in [0.25, 0.3) is 0 Å². The molecule has 1 saturated heterocycles. The Balaban J connectivity index is 1.28. The first-order valence-corrected chi connectivity index (χ1v) is 9.62. The van der Waals surface area contributed by atoms with Crippen LogP contribution in [-0.4, -0.2) is 36.6 Å². The lowest BCUT2D eigenvalue weighted by molar-refractivity contribution is -0.126. The number of amides is 2. The molecule has 0 spiro atoms. The number of benzene rings is 2. The monoisotopic (exact) mass is 380 g/mol. The molecule has 146 valence electrons. The molecule has 2 aromatic carbocycles. The summed E-state index contributed by atoms with van der Waals surface area (Å²) < 4.78 is 10.6. The van der Waals surface area contributed by atoms with E-state index < -0.39 is 0 Å². The van der Waals surface area contributed by atoms with Crippen molar-refractivity contribution >= 4 is 11.8 Å². The van der Waals surface area contributed by atoms with Crippen molar-refractivity contribution in [3.63, 3.8) is 0 Å². The van der Waals surface area contributed by atoms with Crippen LogP contribution in [0.3, 0.4) is 0 Å². The van der Waals surface area contributed by atoms with Crippen molar-refractivity contribution in [2.24, 2.45) is 5.92 Å². The van der Waals surface area contributed by atoms with Crippen molar-refractivity contribution in [3.05, 3.63) is 59.2 Å². The van der Waals surface area contributed by atoms with E-state index in [0.29, 0.717) is 49.5 Å². The van der Waals surface area contributed by atoms with Crippen LogP contribution in [0.4, 0.5) is 0 Å². The fraction of sp³-hybridized carbons (Fsp3) is 0.364. The lowest BCUT2D eigenvalue weighted by atomic mass is 9.95. The maximum Gasteiger partial charge on any atom is 0.253 e. The van der Waals surface area contributed by atoms with E-state index in [1.165, 1.54) is 5.56 Å². The standard InChI is InChI=1S/C22H24N2O4/c1-15-2-4-16(5-3-15)13-23-21(25)17-8-10-24(11-9-17)22(26)18-6-7-19-20(12-18)28-14-27-19/h2-7,12,17H,8-11,13-14H2,1H3,(H,23,25). The molecule has 2 amide bonds. The van der Waals surface area contributed by atoms with E-state index in [-0.39, 0.29) is 24.5 Å². The van der Waals surface area contributed by atoms with Crippen LogP contribution in [0.15, 0.2) is 42.5 Å². The van der Waals surface area contributed by atoms with Crippen LogP contribution in [0.2, 0.25) is 0 Å². The number of hydrogen-bond acceptors (Lipinski definition) is 4. The molecule has 6 nitrogen and oxygen atoms in total. The van der Waals surface area contributed by atoms with Gasteiger partial charge in [-0.05, 0) is 43.5 Å². The van der Waals surface area contributed by atoms with Crippen molar-refractivity contribution in [2.45, 2.75) is 26.3 Å². The van der Waals surface area contributed by atoms with E-state index in [9.17, 15) is 9.59 Å². The number of carbonyl (C=O) groups excluding carboxylic acids is 2. The Kier molecular flexibility index (Phi) is 5.19. The Labute approximate surface area is 164 Å². The van der Waals surface area contributed by atoms with E-state index in [4.69, 9.17) is 9.47 Å². The second-order valence-corrected chi connectivity index (χ2v) is 7.34. The summed E-state index contributed by atoms with van der Waals surface area (Å²) in [7, 11) is 0. The van der Waals surface area contributed by atoms with Gasteiger partial charge >= 0.3 is 0 Å². The third-order valence-electron chi connectivity index (χ3n) is 5.36. The lowest BCUT2D eigenvalue weighted by Crippen LogP contribution is -2.42. The number of ether oxygens (including phenoxy) is 2. The van der Waals surface area contributed by atoms with E-state index in [0.717, 1.165) is 5.56 Å². The highest BCUT2D eigenvalue weighted by atomic mass is 16.7. The zero-order valence-corrected chi connectivity index (χ0v) is 15.9. The smallest absolute Gasteiger partial charge is 0.253 e. The van der Waals surface area contributed by atoms with Crippen LogP contribution in [-0.2, 0) is 11.3 Å². The summed E-state index contributed by atoms with van der Waals surface area (Å²) in [5.74, 6) is 1.26. The Morgan fingerprint density at radius 1 is 1.04 bits per heavy atom. The van der Waals surface area contributed by atoms with E-state index >= 15 is 0 Å². The number of rotatable bonds is 4. The minimum atomic E-state index is -0.0498. The average molecular weight is 380 g/mol. The first kappa shape index (κ1) is 18.3. The van der Waals surface area contributed by atoms with Gasteiger partial charge in [0.05, 0.1) is 0 Å². The van der Waals surface area contributed by atoms with E-state index in [2.05, 4.69) is 5.32 Å². The molecule has 2 heterocycles. The maximum atomic E-state index is 12.7. The van der Waals surface area contributed by atoms with E-state index in [1.54, 1.807) is 23.1 Å². The van der Waals surface area contributed by atoms with Gasteiger partial charge in [0.25, 0.3) is 5.91 Å². The zero-order valence-electron chi connectivity index (χ0n) is 15.9. The van der Waals surface area contributed by atoms with Crippen molar-refractivity contribution in [2.75, 3.05) is 19.9 Å². The molecule has 0 aromatic heterocycles. The number of aryl methyl sites for hydroxylation is 1. The highest BCUT2D eigenvalue weighted by Crippen LogP contribution is 2.33. The average Bonchev–Trinajstić information content (AvgIpc) is 3.20. The molecule has 0 atom stereocenters. The third-order valence-corrected chi connectivity index (χ3v) is 5.36. The largest absolute Gasteiger partial charge is 0.454 e. The topological polar surface area (TPSA) is 67.9 Å². The Hall–Kier alpha value is -3.02. The highest BCUT2D eigenvalue weighted by molar-refractivity contribution is 5.95. The molecule has 2 aliphatic rings. The quantitative estimate of drug-likeness (QED) is 0.886. The summed E-state index contributed by atoms with van der Waals surface area (Å²) in [6, 6.07) is 13.4. The first-order chi connectivity index (χ1) is 13.6. The minimum absolute atomic E-state index is 0.0307. The fourth-order valence-corrected chi connectivity index (χ4v) is 3.60. The molecule has 2 aromatic rings. The van der Waals surface area contributed by atoms with Crippen molar-refractivity contribution < 1.29 is 19.1 Å². The molecule has 1 fully saturated rings. The summed E-state index contributed by atoms with van der Waals surface area (Å²) in [5, 5.41) is 3.02. The van der Waals surface area contributed by atoms with Crippen molar-refractivity contribution in [1.82, 2.24) is 10.2 Å². The summed E-state index contributed by atoms with van der Waals surface area (Å²) in [4.78, 5) is 27.0. The van der Waals surface area contributed by atoms with Crippen LogP contribution in [0.5, 0.6) is 11.5 Å². The fourth-order valence-electron chi connectivity index (χ4n) is 3.60. The number of fused-ring (bicyclic) bond motifs is 1. The Morgan fingerprint density at radius 2 is 1.75 bits per heavy atom. The predicted molar refractivity (Wildman–Crippen MR) is 104 cm³/mol. The van der Waals surface area contributed by atoms with Gasteiger partial charge in [0.15, 0.2) is 11.5 Å². The summed E-state index contributed by atoms with van der Waals surface area (Å²) in [6.07, 6.45) is 1.35. The van der Waals surface area contributed by atoms with Gasteiger partial charge in [0.2, 0.25) is 12.7 Å². The number of hydrogen-bond donors (Lipinski definition) is 1. The molecule has 0 saturated carbocycles. The van der Waals surface area contributed by atoms with Crippen LogP contribution in [0, 0.1) is 12.8 Å². The van der Waals surface area contributed by atoms with E-state index in [1.807, 2.05) is 31.2 Å². The normalized spacial score (nSPS) is 16.1. The third kappa shape index (κ3) is 3.96. The number of nitrogens with zero attached hydrogens (tertiary/aromatic N) is 1. The van der Waals surface area contributed by atoms with Gasteiger partial charge in [-0.1, -0.05) is 29.8 Å². The molecule has 6 heteroatoms. The number of carbonyl (C=O) groups is 2. The molecule has 28 heavy (non-hydrogen) atoms. The Morgan fingerprint density at radius 3 is 2.50 bits per heavy atom. The number of piperidine rings is 1. The molecular weight excluding hydrogens is 356 g/mol. The molecule has 0 aliphatic carbocycles. The van der Waals surface area contributed by atoms with Gasteiger partial charge in [0, 0.05) is 31.1 Å². The molecule has 1 N–H and O–H groups in total. The lowest BCUT2D eigenvalue weighted by Gasteiger charge is -2.31. The summed E-state index contributed by atoms with van der Waals surface area (Å²) in [6.45, 7) is 3.93. The van der Waals surface area contributed by atoms with Gasteiger partial charge in [-0.25, -0.2) is 0 Å². The number of nitrogens with one attached hydrogen (secondary N) is 1. The predicted octanol–water partition coefficient (Wildman–Crippen LogP) is 2.89. The molecule has 2 aliphatic heterocycles. The first-order valence-electron chi connectivity index (χ1n) is 9.62. The molecule has 0 bridgehead atoms. The van der Waals surface area contributed by atoms with Gasteiger partial charge in [-0.3, -0.25) is 9.59 Å². The van der Waals surface area contributed by atoms with Crippen LogP contribution >= 0.6 is 0 Å². The van der Waals surface area contributed by atoms with Gasteiger partial charge in [-0.2, -0.15) is 0 Å². The molecule has 4 rings (SSSR count). The number of likely N-dealkylation sites (tertiary alicyclic amines) is 1. The second-order valence-electron chi connectivity index (χ2n) is 7.34. The highest BCUT2D eigenvalue weighted by Gasteiger charge is 2.28. The van der Waals surface area contributed by atoms with Gasteiger partial charge in [-0.15, -0.1) is 0 Å². The minimum Gasteiger partial charge on any atom is -0.454 e. The maximum absolute atomic E-state index is 12.7. The van der Waals surface area contributed by atoms with Crippen molar-refractivity contribution in [3.8, 4) is 11.5 Å². The summed E-state index contributed by atoms with van der Waals surface area (Å²) in [5.41, 5.74) is 2.88. The van der Waals surface area contributed by atoms with Crippen LogP contribution in [0.1, 0.15) is 34.3 Å². The summed E-state index contributed by atoms with van der Waals surface area (Å²) >= 11 is 0.